The predicted molar refractivity (Wildman–Crippen MR) is 140 cm³/mol. The number of carbonyl (C=O) groups excluding carboxylic acids is 2. The highest BCUT2D eigenvalue weighted by molar-refractivity contribution is 7.15. The summed E-state index contributed by atoms with van der Waals surface area (Å²) in [5.41, 5.74) is 1.35. The van der Waals surface area contributed by atoms with E-state index in [1.54, 1.807) is 48.7 Å². The van der Waals surface area contributed by atoms with Crippen molar-refractivity contribution in [2.24, 2.45) is 0 Å². The Hall–Kier alpha value is -1.96. The summed E-state index contributed by atoms with van der Waals surface area (Å²) < 4.78 is 11.2. The lowest BCUT2D eigenvalue weighted by atomic mass is 10.0. The van der Waals surface area contributed by atoms with Crippen molar-refractivity contribution >= 4 is 74.6 Å². The van der Waals surface area contributed by atoms with Crippen LogP contribution in [-0.4, -0.2) is 24.6 Å². The Kier molecular flexibility index (Phi) is 9.51. The molecule has 0 aliphatic heterocycles. The first-order chi connectivity index (χ1) is 16.2. The van der Waals surface area contributed by atoms with Crippen molar-refractivity contribution in [1.29, 1.82) is 0 Å². The van der Waals surface area contributed by atoms with Crippen LogP contribution in [0.25, 0.3) is 11.1 Å². The number of anilines is 1. The molecule has 180 valence electrons. The minimum atomic E-state index is -0.875. The van der Waals surface area contributed by atoms with Crippen molar-refractivity contribution in [3.63, 3.8) is 0 Å². The van der Waals surface area contributed by atoms with Crippen LogP contribution in [0.5, 0.6) is 5.75 Å². The zero-order valence-electron chi connectivity index (χ0n) is 18.3. The second-order valence-electron chi connectivity index (χ2n) is 7.19. The molecule has 3 rings (SSSR count). The quantitative estimate of drug-likeness (QED) is 0.267. The van der Waals surface area contributed by atoms with Gasteiger partial charge in [-0.05, 0) is 37.1 Å². The number of thiophene rings is 1. The number of nitrogens with one attached hydrogen (secondary N) is 1. The number of hydrogen-bond donors (Lipinski definition) is 1. The maximum absolute atomic E-state index is 13.1. The second-order valence-corrected chi connectivity index (χ2v) is 9.76. The van der Waals surface area contributed by atoms with E-state index in [9.17, 15) is 9.59 Å². The number of esters is 1. The molecule has 10 heteroatoms. The van der Waals surface area contributed by atoms with Gasteiger partial charge < -0.3 is 14.8 Å². The van der Waals surface area contributed by atoms with Crippen LogP contribution in [0, 0.1) is 0 Å². The van der Waals surface area contributed by atoms with E-state index < -0.39 is 18.0 Å². The van der Waals surface area contributed by atoms with E-state index in [-0.39, 0.29) is 12.2 Å². The van der Waals surface area contributed by atoms with Crippen LogP contribution >= 0.6 is 57.7 Å². The van der Waals surface area contributed by atoms with Crippen molar-refractivity contribution in [2.75, 3.05) is 11.9 Å². The topological polar surface area (TPSA) is 64.6 Å². The molecule has 3 aromatic rings. The zero-order valence-corrected chi connectivity index (χ0v) is 22.1. The first kappa shape index (κ1) is 26.6. The molecule has 2 aromatic carbocycles. The second kappa shape index (κ2) is 12.1. The van der Waals surface area contributed by atoms with Gasteiger partial charge in [0.2, 0.25) is 0 Å². The Morgan fingerprint density at radius 3 is 2.35 bits per heavy atom. The van der Waals surface area contributed by atoms with Crippen molar-refractivity contribution < 1.29 is 19.1 Å². The molecule has 0 aliphatic carbocycles. The van der Waals surface area contributed by atoms with Gasteiger partial charge in [-0.15, -0.1) is 11.3 Å². The molecule has 34 heavy (non-hydrogen) atoms. The SMILES string of the molecule is CCCOC(=O)c1c(-c2ccc(Cl)cc2Cl)csc1NC(=O)[C@@H](CC)Oc1cc(Cl)ccc1Cl. The molecule has 0 unspecified atom stereocenters. The van der Waals surface area contributed by atoms with E-state index in [0.29, 0.717) is 54.8 Å². The molecule has 5 nitrogen and oxygen atoms in total. The van der Waals surface area contributed by atoms with E-state index in [1.165, 1.54) is 11.3 Å². The summed E-state index contributed by atoms with van der Waals surface area (Å²) >= 11 is 25.8. The van der Waals surface area contributed by atoms with E-state index in [1.807, 2.05) is 6.92 Å². The summed E-state index contributed by atoms with van der Waals surface area (Å²) in [6.07, 6.45) is 0.131. The van der Waals surface area contributed by atoms with Gasteiger partial charge in [-0.25, -0.2) is 4.79 Å². The van der Waals surface area contributed by atoms with E-state index in [2.05, 4.69) is 5.32 Å². The maximum Gasteiger partial charge on any atom is 0.341 e. The van der Waals surface area contributed by atoms with E-state index in [4.69, 9.17) is 55.9 Å². The van der Waals surface area contributed by atoms with Crippen molar-refractivity contribution in [2.45, 2.75) is 32.8 Å². The lowest BCUT2D eigenvalue weighted by Gasteiger charge is -2.18. The van der Waals surface area contributed by atoms with Crippen molar-refractivity contribution in [3.8, 4) is 16.9 Å². The standard InChI is InChI=1S/C24H21Cl4NO4S/c1-3-9-32-24(31)21-16(15-7-5-13(25)10-18(15)28)12-34-23(21)29-22(30)19(4-2)33-20-11-14(26)6-8-17(20)27/h5-8,10-12,19H,3-4,9H2,1-2H3,(H,29,30)/t19-/m1/s1. The molecule has 0 saturated carbocycles. The van der Waals surface area contributed by atoms with Gasteiger partial charge in [0.05, 0.1) is 11.6 Å². The van der Waals surface area contributed by atoms with Crippen LogP contribution in [0.3, 0.4) is 0 Å². The molecule has 0 aliphatic rings. The fourth-order valence-electron chi connectivity index (χ4n) is 3.06. The molecule has 1 heterocycles. The fourth-order valence-corrected chi connectivity index (χ4v) is 4.85. The summed E-state index contributed by atoms with van der Waals surface area (Å²) in [5.74, 6) is -0.719. The summed E-state index contributed by atoms with van der Waals surface area (Å²) in [6.45, 7) is 3.93. The van der Waals surface area contributed by atoms with Gasteiger partial charge in [0.25, 0.3) is 5.91 Å². The maximum atomic E-state index is 13.1. The third kappa shape index (κ3) is 6.37. The third-order valence-corrected chi connectivity index (χ3v) is 6.71. The third-order valence-electron chi connectivity index (χ3n) is 4.72. The van der Waals surface area contributed by atoms with E-state index >= 15 is 0 Å². The van der Waals surface area contributed by atoms with Crippen LogP contribution < -0.4 is 10.1 Å². The molecule has 1 aromatic heterocycles. The molecular weight excluding hydrogens is 540 g/mol. The highest BCUT2D eigenvalue weighted by atomic mass is 35.5. The Labute approximate surface area is 221 Å². The molecule has 1 atom stereocenters. The van der Waals surface area contributed by atoms with Gasteiger partial charge in [0, 0.05) is 37.6 Å². The van der Waals surface area contributed by atoms with Crippen LogP contribution in [0.15, 0.2) is 41.8 Å². The fraction of sp³-hybridized carbons (Fsp3) is 0.250. The highest BCUT2D eigenvalue weighted by Gasteiger charge is 2.27. The number of ether oxygens (including phenoxy) is 2. The van der Waals surface area contributed by atoms with Crippen molar-refractivity contribution in [3.05, 3.63) is 67.4 Å². The average molecular weight is 561 g/mol. The summed E-state index contributed by atoms with van der Waals surface area (Å²) in [5, 5.41) is 6.47. The smallest absolute Gasteiger partial charge is 0.341 e. The molecule has 0 spiro atoms. The Bertz CT molecular complexity index is 1200. The summed E-state index contributed by atoms with van der Waals surface area (Å²) in [4.78, 5) is 26.0. The Morgan fingerprint density at radius 2 is 1.68 bits per heavy atom. The largest absolute Gasteiger partial charge is 0.479 e. The number of halogens is 4. The lowest BCUT2D eigenvalue weighted by molar-refractivity contribution is -0.122. The van der Waals surface area contributed by atoms with Gasteiger partial charge in [0.1, 0.15) is 16.3 Å². The number of amides is 1. The molecule has 1 amide bonds. The predicted octanol–water partition coefficient (Wildman–Crippen LogP) is 8.39. The average Bonchev–Trinajstić information content (AvgIpc) is 3.21. The number of hydrogen-bond acceptors (Lipinski definition) is 5. The molecule has 0 fully saturated rings. The zero-order chi connectivity index (χ0) is 24.8. The highest BCUT2D eigenvalue weighted by Crippen LogP contribution is 2.40. The van der Waals surface area contributed by atoms with Gasteiger partial charge >= 0.3 is 5.97 Å². The Balaban J connectivity index is 1.93. The Morgan fingerprint density at radius 1 is 0.971 bits per heavy atom. The molecule has 1 N–H and O–H groups in total. The van der Waals surface area contributed by atoms with Gasteiger partial charge in [-0.1, -0.05) is 66.3 Å². The molecule has 0 saturated heterocycles. The molecule has 0 radical (unpaired) electrons. The van der Waals surface area contributed by atoms with Gasteiger partial charge in [0.15, 0.2) is 6.10 Å². The minimum Gasteiger partial charge on any atom is -0.479 e. The van der Waals surface area contributed by atoms with Gasteiger partial charge in [-0.3, -0.25) is 4.79 Å². The normalized spacial score (nSPS) is 11.7. The van der Waals surface area contributed by atoms with Crippen LogP contribution in [-0.2, 0) is 9.53 Å². The summed E-state index contributed by atoms with van der Waals surface area (Å²) in [6, 6.07) is 9.74. The molecule has 0 bridgehead atoms. The first-order valence-electron chi connectivity index (χ1n) is 10.4. The number of carbonyl (C=O) groups is 2. The monoisotopic (exact) mass is 559 g/mol. The van der Waals surface area contributed by atoms with Crippen LogP contribution in [0.2, 0.25) is 20.1 Å². The van der Waals surface area contributed by atoms with Gasteiger partial charge in [-0.2, -0.15) is 0 Å². The number of rotatable bonds is 9. The molecular formula is C24H21Cl4NO4S. The summed E-state index contributed by atoms with van der Waals surface area (Å²) in [7, 11) is 0. The number of benzene rings is 2. The minimum absolute atomic E-state index is 0.215. The van der Waals surface area contributed by atoms with E-state index in [0.717, 1.165) is 0 Å². The lowest BCUT2D eigenvalue weighted by Crippen LogP contribution is -2.32. The van der Waals surface area contributed by atoms with Crippen LogP contribution in [0.1, 0.15) is 37.0 Å². The van der Waals surface area contributed by atoms with Crippen molar-refractivity contribution in [1.82, 2.24) is 0 Å². The van der Waals surface area contributed by atoms with Crippen LogP contribution in [0.4, 0.5) is 5.00 Å². The first-order valence-corrected chi connectivity index (χ1v) is 12.8.